The first-order valence-corrected chi connectivity index (χ1v) is 5.95. The molecule has 16 heavy (non-hydrogen) atoms. The van der Waals surface area contributed by atoms with Crippen LogP contribution in [0, 0.1) is 0 Å². The number of nitrogens with zero attached hydrogens (tertiary/aromatic N) is 3. The van der Waals surface area contributed by atoms with Gasteiger partial charge in [0.1, 0.15) is 5.88 Å². The van der Waals surface area contributed by atoms with Crippen molar-refractivity contribution in [3.05, 3.63) is 23.0 Å². The van der Waals surface area contributed by atoms with Gasteiger partial charge in [-0.2, -0.15) is 5.10 Å². The smallest absolute Gasteiger partial charge is 0.238 e. The first-order chi connectivity index (χ1) is 7.70. The Kier molecular flexibility index (Phi) is 3.61. The number of amides is 1. The summed E-state index contributed by atoms with van der Waals surface area (Å²) >= 11 is 11.2. The fourth-order valence-corrected chi connectivity index (χ4v) is 1.74. The number of hydrogen-bond acceptors (Lipinski definition) is 3. The molecule has 1 aromatic heterocycles. The molecule has 1 aromatic rings. The Morgan fingerprint density at radius 1 is 1.44 bits per heavy atom. The van der Waals surface area contributed by atoms with Crippen LogP contribution in [0.3, 0.4) is 0 Å². The average Bonchev–Trinajstić information content (AvgIpc) is 3.11. The number of rotatable bonds is 4. The van der Waals surface area contributed by atoms with Gasteiger partial charge in [0, 0.05) is 6.04 Å². The molecule has 6 heteroatoms. The summed E-state index contributed by atoms with van der Waals surface area (Å²) in [6.07, 6.45) is 2.09. The summed E-state index contributed by atoms with van der Waals surface area (Å²) in [6, 6.07) is 3.76. The van der Waals surface area contributed by atoms with Crippen molar-refractivity contribution < 1.29 is 4.79 Å². The predicted octanol–water partition coefficient (Wildman–Crippen LogP) is 1.86. The molecule has 1 aliphatic carbocycles. The predicted molar refractivity (Wildman–Crippen MR) is 61.3 cm³/mol. The molecule has 2 rings (SSSR count). The molecule has 0 saturated heterocycles. The highest BCUT2D eigenvalue weighted by Crippen LogP contribution is 2.28. The lowest BCUT2D eigenvalue weighted by Gasteiger charge is -2.20. The van der Waals surface area contributed by atoms with Gasteiger partial charge in [0.15, 0.2) is 5.15 Å². The zero-order valence-electron chi connectivity index (χ0n) is 8.57. The average molecular weight is 260 g/mol. The van der Waals surface area contributed by atoms with E-state index in [0.717, 1.165) is 18.5 Å². The van der Waals surface area contributed by atoms with E-state index in [1.807, 2.05) is 0 Å². The second-order valence-corrected chi connectivity index (χ2v) is 4.39. The maximum atomic E-state index is 11.6. The highest BCUT2D eigenvalue weighted by molar-refractivity contribution is 6.29. The summed E-state index contributed by atoms with van der Waals surface area (Å²) < 4.78 is 0. The summed E-state index contributed by atoms with van der Waals surface area (Å²) in [4.78, 5) is 13.3. The van der Waals surface area contributed by atoms with E-state index in [2.05, 4.69) is 10.2 Å². The normalized spacial score (nSPS) is 14.9. The Morgan fingerprint density at radius 3 is 2.69 bits per heavy atom. The van der Waals surface area contributed by atoms with E-state index in [-0.39, 0.29) is 11.8 Å². The molecule has 1 saturated carbocycles. The lowest BCUT2D eigenvalue weighted by molar-refractivity contribution is -0.129. The molecule has 4 nitrogen and oxygen atoms in total. The number of hydrogen-bond donors (Lipinski definition) is 0. The monoisotopic (exact) mass is 259 g/mol. The Hall–Kier alpha value is -0.870. The van der Waals surface area contributed by atoms with Gasteiger partial charge >= 0.3 is 0 Å². The number of alkyl halides is 1. The summed E-state index contributed by atoms with van der Waals surface area (Å²) in [7, 11) is 0. The van der Waals surface area contributed by atoms with Gasteiger partial charge in [-0.1, -0.05) is 11.6 Å². The topological polar surface area (TPSA) is 46.1 Å². The van der Waals surface area contributed by atoms with Gasteiger partial charge in [-0.15, -0.1) is 16.7 Å². The Labute approximate surface area is 104 Å². The van der Waals surface area contributed by atoms with E-state index in [0.29, 0.717) is 17.7 Å². The molecule has 1 aliphatic rings. The van der Waals surface area contributed by atoms with E-state index >= 15 is 0 Å². The first-order valence-electron chi connectivity index (χ1n) is 5.04. The van der Waals surface area contributed by atoms with Gasteiger partial charge in [-0.05, 0) is 25.0 Å². The van der Waals surface area contributed by atoms with Crippen molar-refractivity contribution in [1.29, 1.82) is 0 Å². The van der Waals surface area contributed by atoms with E-state index in [1.165, 1.54) is 0 Å². The maximum Gasteiger partial charge on any atom is 0.238 e. The molecule has 0 radical (unpaired) electrons. The lowest BCUT2D eigenvalue weighted by atomic mass is 10.3. The van der Waals surface area contributed by atoms with Crippen molar-refractivity contribution >= 4 is 29.1 Å². The Bertz CT molecular complexity index is 378. The summed E-state index contributed by atoms with van der Waals surface area (Å²) in [5, 5.41) is 8.02. The van der Waals surface area contributed by atoms with E-state index in [1.54, 1.807) is 17.0 Å². The molecule has 0 atom stereocenters. The molecule has 0 spiro atoms. The second-order valence-electron chi connectivity index (χ2n) is 3.73. The van der Waals surface area contributed by atoms with Crippen LogP contribution in [0.5, 0.6) is 0 Å². The SMILES string of the molecule is O=C(CCl)N(Cc1ccc(Cl)nn1)C1CC1. The van der Waals surface area contributed by atoms with Crippen molar-refractivity contribution in [3.8, 4) is 0 Å². The van der Waals surface area contributed by atoms with Crippen LogP contribution in [0.1, 0.15) is 18.5 Å². The quantitative estimate of drug-likeness (QED) is 0.776. The molecule has 1 amide bonds. The minimum absolute atomic E-state index is 0.0114. The molecule has 0 N–H and O–H groups in total. The minimum atomic E-state index is -0.0547. The third-order valence-electron chi connectivity index (χ3n) is 2.44. The van der Waals surface area contributed by atoms with Crippen molar-refractivity contribution in [1.82, 2.24) is 15.1 Å². The van der Waals surface area contributed by atoms with Gasteiger partial charge in [0.2, 0.25) is 5.91 Å². The van der Waals surface area contributed by atoms with Crippen LogP contribution in [0.2, 0.25) is 5.15 Å². The molecular weight excluding hydrogens is 249 g/mol. The standard InChI is InChI=1S/C10H11Cl2N3O/c11-5-10(16)15(8-2-3-8)6-7-1-4-9(12)14-13-7/h1,4,8H,2-3,5-6H2. The molecule has 86 valence electrons. The second kappa shape index (κ2) is 4.97. The molecular formula is C10H11Cl2N3O. The van der Waals surface area contributed by atoms with Crippen molar-refractivity contribution in [2.24, 2.45) is 0 Å². The van der Waals surface area contributed by atoms with Gasteiger partial charge < -0.3 is 4.90 Å². The van der Waals surface area contributed by atoms with Crippen molar-refractivity contribution in [2.75, 3.05) is 5.88 Å². The van der Waals surface area contributed by atoms with Gasteiger partial charge in [0.25, 0.3) is 0 Å². The number of halogens is 2. The molecule has 1 heterocycles. The van der Waals surface area contributed by atoms with Crippen LogP contribution in [0.4, 0.5) is 0 Å². The Morgan fingerprint density at radius 2 is 2.19 bits per heavy atom. The van der Waals surface area contributed by atoms with Crippen molar-refractivity contribution in [3.63, 3.8) is 0 Å². The third-order valence-corrected chi connectivity index (χ3v) is 2.87. The van der Waals surface area contributed by atoms with E-state index in [4.69, 9.17) is 23.2 Å². The van der Waals surface area contributed by atoms with E-state index in [9.17, 15) is 4.79 Å². The van der Waals surface area contributed by atoms with Crippen LogP contribution in [-0.2, 0) is 11.3 Å². The first kappa shape index (κ1) is 11.6. The van der Waals surface area contributed by atoms with Gasteiger partial charge in [0.05, 0.1) is 12.2 Å². The van der Waals surface area contributed by atoms with E-state index < -0.39 is 0 Å². The molecule has 0 aliphatic heterocycles. The van der Waals surface area contributed by atoms with Crippen molar-refractivity contribution in [2.45, 2.75) is 25.4 Å². The number of carbonyl (C=O) groups is 1. The fraction of sp³-hybridized carbons (Fsp3) is 0.500. The molecule has 1 fully saturated rings. The maximum absolute atomic E-state index is 11.6. The largest absolute Gasteiger partial charge is 0.333 e. The molecule has 0 unspecified atom stereocenters. The highest BCUT2D eigenvalue weighted by Gasteiger charge is 2.32. The summed E-state index contributed by atoms with van der Waals surface area (Å²) in [5.41, 5.74) is 0.731. The lowest BCUT2D eigenvalue weighted by Crippen LogP contribution is -2.33. The summed E-state index contributed by atoms with van der Waals surface area (Å²) in [5.74, 6) is -0.0433. The van der Waals surface area contributed by atoms with Crippen LogP contribution < -0.4 is 0 Å². The van der Waals surface area contributed by atoms with Crippen LogP contribution >= 0.6 is 23.2 Å². The molecule has 0 bridgehead atoms. The zero-order chi connectivity index (χ0) is 11.5. The van der Waals surface area contributed by atoms with Gasteiger partial charge in [-0.3, -0.25) is 4.79 Å². The zero-order valence-corrected chi connectivity index (χ0v) is 10.1. The summed E-state index contributed by atoms with van der Waals surface area (Å²) in [6.45, 7) is 0.459. The molecule has 0 aromatic carbocycles. The Balaban J connectivity index is 2.05. The number of carbonyl (C=O) groups excluding carboxylic acids is 1. The van der Waals surface area contributed by atoms with Crippen LogP contribution in [-0.4, -0.2) is 32.9 Å². The van der Waals surface area contributed by atoms with Crippen LogP contribution in [0.15, 0.2) is 12.1 Å². The fourth-order valence-electron chi connectivity index (χ4n) is 1.49. The third kappa shape index (κ3) is 2.83. The number of aromatic nitrogens is 2. The van der Waals surface area contributed by atoms with Crippen LogP contribution in [0.25, 0.3) is 0 Å². The van der Waals surface area contributed by atoms with Gasteiger partial charge in [-0.25, -0.2) is 0 Å². The minimum Gasteiger partial charge on any atom is -0.333 e. The highest BCUT2D eigenvalue weighted by atomic mass is 35.5.